The SMILES string of the molecule is Cc1cc(F)ccc1NC(=O)/C=C/c1ccc(S(=O)(=O)NC(C)C)cc1. The molecule has 0 bridgehead atoms. The van der Waals surface area contributed by atoms with Crippen LogP contribution in [0.1, 0.15) is 25.0 Å². The van der Waals surface area contributed by atoms with Gasteiger partial charge < -0.3 is 5.32 Å². The van der Waals surface area contributed by atoms with Crippen molar-refractivity contribution >= 4 is 27.7 Å². The maximum Gasteiger partial charge on any atom is 0.248 e. The van der Waals surface area contributed by atoms with E-state index in [1.54, 1.807) is 39.0 Å². The van der Waals surface area contributed by atoms with E-state index in [1.807, 2.05) is 0 Å². The molecular formula is C19H21FN2O3S. The van der Waals surface area contributed by atoms with Crippen molar-refractivity contribution in [3.05, 3.63) is 65.5 Å². The molecule has 0 radical (unpaired) electrons. The minimum atomic E-state index is -3.54. The van der Waals surface area contributed by atoms with Crippen molar-refractivity contribution in [1.82, 2.24) is 4.72 Å². The Labute approximate surface area is 153 Å². The van der Waals surface area contributed by atoms with Crippen molar-refractivity contribution in [1.29, 1.82) is 0 Å². The first-order valence-electron chi connectivity index (χ1n) is 8.05. The summed E-state index contributed by atoms with van der Waals surface area (Å²) in [6, 6.07) is 10.1. The van der Waals surface area contributed by atoms with E-state index in [2.05, 4.69) is 10.0 Å². The summed E-state index contributed by atoms with van der Waals surface area (Å²) in [5.74, 6) is -0.726. The van der Waals surface area contributed by atoms with Gasteiger partial charge in [-0.3, -0.25) is 4.79 Å². The molecule has 138 valence electrons. The molecule has 0 unspecified atom stereocenters. The van der Waals surface area contributed by atoms with Gasteiger partial charge in [0.1, 0.15) is 5.82 Å². The first kappa shape index (κ1) is 19.8. The van der Waals surface area contributed by atoms with Crippen molar-refractivity contribution in [2.24, 2.45) is 0 Å². The second kappa shape index (κ2) is 8.25. The van der Waals surface area contributed by atoms with E-state index in [1.165, 1.54) is 36.4 Å². The van der Waals surface area contributed by atoms with Crippen molar-refractivity contribution in [3.63, 3.8) is 0 Å². The predicted octanol–water partition coefficient (Wildman–Crippen LogP) is 3.47. The van der Waals surface area contributed by atoms with E-state index < -0.39 is 10.0 Å². The van der Waals surface area contributed by atoms with Crippen LogP contribution < -0.4 is 10.0 Å². The summed E-state index contributed by atoms with van der Waals surface area (Å²) in [6.07, 6.45) is 2.90. The largest absolute Gasteiger partial charge is 0.322 e. The number of carbonyl (C=O) groups excluding carboxylic acids is 1. The number of benzene rings is 2. The van der Waals surface area contributed by atoms with Gasteiger partial charge in [-0.1, -0.05) is 12.1 Å². The average Bonchev–Trinajstić information content (AvgIpc) is 2.55. The highest BCUT2D eigenvalue weighted by molar-refractivity contribution is 7.89. The fourth-order valence-electron chi connectivity index (χ4n) is 2.25. The Balaban J connectivity index is 2.05. The summed E-state index contributed by atoms with van der Waals surface area (Å²) >= 11 is 0. The van der Waals surface area contributed by atoms with Crippen molar-refractivity contribution in [2.75, 3.05) is 5.32 Å². The number of anilines is 1. The molecule has 0 saturated carbocycles. The molecule has 0 heterocycles. The molecule has 0 saturated heterocycles. The molecule has 0 fully saturated rings. The Morgan fingerprint density at radius 2 is 1.77 bits per heavy atom. The summed E-state index contributed by atoms with van der Waals surface area (Å²) < 4.78 is 39.7. The maximum atomic E-state index is 13.1. The van der Waals surface area contributed by atoms with E-state index >= 15 is 0 Å². The number of nitrogens with one attached hydrogen (secondary N) is 2. The monoisotopic (exact) mass is 376 g/mol. The van der Waals surface area contributed by atoms with E-state index in [0.717, 1.165) is 0 Å². The molecule has 0 aliphatic carbocycles. The van der Waals surface area contributed by atoms with Crippen LogP contribution >= 0.6 is 0 Å². The van der Waals surface area contributed by atoms with Crippen LogP contribution in [-0.4, -0.2) is 20.4 Å². The first-order chi connectivity index (χ1) is 12.2. The molecule has 2 aromatic rings. The van der Waals surface area contributed by atoms with Gasteiger partial charge in [-0.2, -0.15) is 0 Å². The van der Waals surface area contributed by atoms with Crippen LogP contribution in [0.3, 0.4) is 0 Å². The van der Waals surface area contributed by atoms with Crippen LogP contribution in [0.2, 0.25) is 0 Å². The van der Waals surface area contributed by atoms with Gasteiger partial charge in [0.2, 0.25) is 15.9 Å². The van der Waals surface area contributed by atoms with Gasteiger partial charge in [-0.15, -0.1) is 0 Å². The Morgan fingerprint density at radius 1 is 1.12 bits per heavy atom. The van der Waals surface area contributed by atoms with Gasteiger partial charge in [0, 0.05) is 17.8 Å². The number of aryl methyl sites for hydroxylation is 1. The second-order valence-electron chi connectivity index (χ2n) is 6.13. The first-order valence-corrected chi connectivity index (χ1v) is 9.53. The zero-order chi connectivity index (χ0) is 19.3. The quantitative estimate of drug-likeness (QED) is 0.758. The fourth-order valence-corrected chi connectivity index (χ4v) is 3.50. The lowest BCUT2D eigenvalue weighted by Gasteiger charge is -2.09. The molecule has 0 atom stereocenters. The second-order valence-corrected chi connectivity index (χ2v) is 7.84. The number of sulfonamides is 1. The summed E-state index contributed by atoms with van der Waals surface area (Å²) in [5, 5.41) is 2.67. The molecule has 1 amide bonds. The van der Waals surface area contributed by atoms with E-state index in [9.17, 15) is 17.6 Å². The van der Waals surface area contributed by atoms with E-state index in [4.69, 9.17) is 0 Å². The van der Waals surface area contributed by atoms with Crippen molar-refractivity contribution < 1.29 is 17.6 Å². The third-order valence-corrected chi connectivity index (χ3v) is 5.13. The Morgan fingerprint density at radius 3 is 2.35 bits per heavy atom. The van der Waals surface area contributed by atoms with Crippen LogP contribution in [0, 0.1) is 12.7 Å². The highest BCUT2D eigenvalue weighted by atomic mass is 32.2. The van der Waals surface area contributed by atoms with Crippen LogP contribution in [-0.2, 0) is 14.8 Å². The highest BCUT2D eigenvalue weighted by Crippen LogP contribution is 2.16. The lowest BCUT2D eigenvalue weighted by Crippen LogP contribution is -2.30. The summed E-state index contributed by atoms with van der Waals surface area (Å²) in [7, 11) is -3.54. The van der Waals surface area contributed by atoms with Gasteiger partial charge >= 0.3 is 0 Å². The minimum Gasteiger partial charge on any atom is -0.322 e. The number of amides is 1. The normalized spacial score (nSPS) is 11.9. The third-order valence-electron chi connectivity index (χ3n) is 3.45. The highest BCUT2D eigenvalue weighted by Gasteiger charge is 2.14. The number of halogens is 1. The lowest BCUT2D eigenvalue weighted by atomic mass is 10.2. The molecule has 0 spiro atoms. The van der Waals surface area contributed by atoms with E-state index in [0.29, 0.717) is 16.8 Å². The van der Waals surface area contributed by atoms with Gasteiger partial charge in [-0.05, 0) is 68.3 Å². The van der Waals surface area contributed by atoms with Crippen LogP contribution in [0.25, 0.3) is 6.08 Å². The van der Waals surface area contributed by atoms with Crippen molar-refractivity contribution in [3.8, 4) is 0 Å². The molecule has 0 aliphatic heterocycles. The molecular weight excluding hydrogens is 355 g/mol. The Kier molecular flexibility index (Phi) is 6.28. The van der Waals surface area contributed by atoms with Crippen LogP contribution in [0.4, 0.5) is 10.1 Å². The smallest absolute Gasteiger partial charge is 0.248 e. The molecule has 2 aromatic carbocycles. The molecule has 0 aliphatic rings. The maximum absolute atomic E-state index is 13.1. The van der Waals surface area contributed by atoms with Gasteiger partial charge in [0.15, 0.2) is 0 Å². The number of hydrogen-bond donors (Lipinski definition) is 2. The molecule has 7 heteroatoms. The van der Waals surface area contributed by atoms with Gasteiger partial charge in [0.25, 0.3) is 0 Å². The number of rotatable bonds is 6. The topological polar surface area (TPSA) is 75.3 Å². The summed E-state index contributed by atoms with van der Waals surface area (Å²) in [4.78, 5) is 12.1. The van der Waals surface area contributed by atoms with E-state index in [-0.39, 0.29) is 22.7 Å². The summed E-state index contributed by atoms with van der Waals surface area (Å²) in [5.41, 5.74) is 1.83. The fraction of sp³-hybridized carbons (Fsp3) is 0.211. The molecule has 2 rings (SSSR count). The zero-order valence-electron chi connectivity index (χ0n) is 14.8. The molecule has 2 N–H and O–H groups in total. The zero-order valence-corrected chi connectivity index (χ0v) is 15.6. The molecule has 5 nitrogen and oxygen atoms in total. The molecule has 0 aromatic heterocycles. The minimum absolute atomic E-state index is 0.162. The van der Waals surface area contributed by atoms with Crippen LogP contribution in [0.15, 0.2) is 53.4 Å². The molecule has 26 heavy (non-hydrogen) atoms. The Bertz CT molecular complexity index is 920. The van der Waals surface area contributed by atoms with Crippen molar-refractivity contribution in [2.45, 2.75) is 31.7 Å². The lowest BCUT2D eigenvalue weighted by molar-refractivity contribution is -0.111. The third kappa shape index (κ3) is 5.50. The van der Waals surface area contributed by atoms with Gasteiger partial charge in [0.05, 0.1) is 4.90 Å². The average molecular weight is 376 g/mol. The summed E-state index contributed by atoms with van der Waals surface area (Å²) in [6.45, 7) is 5.19. The number of hydrogen-bond acceptors (Lipinski definition) is 3. The standard InChI is InChI=1S/C19H21FN2O3S/c1-13(2)22-26(24,25)17-8-4-15(5-9-17)6-11-19(23)21-18-10-7-16(20)12-14(18)3/h4-13,22H,1-3H3,(H,21,23)/b11-6+. The number of carbonyl (C=O) groups is 1. The Hall–Kier alpha value is -2.51. The predicted molar refractivity (Wildman–Crippen MR) is 101 cm³/mol. The van der Waals surface area contributed by atoms with Gasteiger partial charge in [-0.25, -0.2) is 17.5 Å². The van der Waals surface area contributed by atoms with Crippen LogP contribution in [0.5, 0.6) is 0 Å².